The fraction of sp³-hybridized carbons (Fsp3) is 0.667. The Hall–Kier alpha value is 0.220. The van der Waals surface area contributed by atoms with Crippen molar-refractivity contribution in [2.75, 3.05) is 0 Å². The smallest absolute Gasteiger partial charge is 0.0226 e. The Balaban J connectivity index is 3.16. The lowest BCUT2D eigenvalue weighted by molar-refractivity contribution is 0.699. The van der Waals surface area contributed by atoms with Crippen LogP contribution in [0.4, 0.5) is 0 Å². The van der Waals surface area contributed by atoms with Crippen molar-refractivity contribution < 1.29 is 0 Å². The standard InChI is InChI=1S/C6H11Br/c1-3-6(2)4-5-7/h4-6H,3H2,1-2H3. The zero-order valence-corrected chi connectivity index (χ0v) is 6.40. The van der Waals surface area contributed by atoms with E-state index in [0.717, 1.165) is 5.92 Å². The van der Waals surface area contributed by atoms with Crippen LogP contribution in [0.5, 0.6) is 0 Å². The average molecular weight is 163 g/mol. The van der Waals surface area contributed by atoms with Crippen LogP contribution in [-0.2, 0) is 0 Å². The second kappa shape index (κ2) is 4.38. The molecule has 0 bridgehead atoms. The van der Waals surface area contributed by atoms with Crippen LogP contribution >= 0.6 is 15.9 Å². The molecule has 0 amide bonds. The molecule has 0 rings (SSSR count). The van der Waals surface area contributed by atoms with Crippen LogP contribution in [0.1, 0.15) is 20.3 Å². The molecule has 0 saturated carbocycles. The Kier molecular flexibility index (Phi) is 4.52. The van der Waals surface area contributed by atoms with Gasteiger partial charge in [-0.2, -0.15) is 0 Å². The first kappa shape index (κ1) is 7.22. The third kappa shape index (κ3) is 4.07. The summed E-state index contributed by atoms with van der Waals surface area (Å²) in [6, 6.07) is 0. The van der Waals surface area contributed by atoms with Crippen LogP contribution in [0.25, 0.3) is 0 Å². The molecular formula is C6H11Br. The molecule has 0 fully saturated rings. The van der Waals surface area contributed by atoms with Crippen LogP contribution < -0.4 is 0 Å². The number of rotatable bonds is 2. The van der Waals surface area contributed by atoms with Crippen molar-refractivity contribution in [1.29, 1.82) is 0 Å². The highest BCUT2D eigenvalue weighted by Gasteiger charge is 1.86. The number of halogens is 1. The van der Waals surface area contributed by atoms with Crippen LogP contribution in [-0.4, -0.2) is 0 Å². The minimum Gasteiger partial charge on any atom is -0.0748 e. The van der Waals surface area contributed by atoms with E-state index in [9.17, 15) is 0 Å². The summed E-state index contributed by atoms with van der Waals surface area (Å²) in [5, 5.41) is 0. The second-order valence-corrected chi connectivity index (χ2v) is 2.23. The molecule has 0 aliphatic carbocycles. The van der Waals surface area contributed by atoms with Gasteiger partial charge in [0.1, 0.15) is 0 Å². The van der Waals surface area contributed by atoms with Gasteiger partial charge in [0, 0.05) is 0 Å². The van der Waals surface area contributed by atoms with Gasteiger partial charge in [-0.3, -0.25) is 0 Å². The van der Waals surface area contributed by atoms with E-state index >= 15 is 0 Å². The average Bonchev–Trinajstić information content (AvgIpc) is 1.68. The van der Waals surface area contributed by atoms with E-state index in [1.54, 1.807) is 0 Å². The van der Waals surface area contributed by atoms with Crippen molar-refractivity contribution >= 4 is 15.9 Å². The number of allylic oxidation sites excluding steroid dienone is 1. The second-order valence-electron chi connectivity index (χ2n) is 1.70. The quantitative estimate of drug-likeness (QED) is 0.587. The third-order valence-electron chi connectivity index (χ3n) is 1.05. The van der Waals surface area contributed by atoms with Gasteiger partial charge >= 0.3 is 0 Å². The lowest BCUT2D eigenvalue weighted by atomic mass is 10.1. The van der Waals surface area contributed by atoms with Crippen molar-refractivity contribution in [3.8, 4) is 0 Å². The molecule has 0 aromatic rings. The molecule has 42 valence electrons. The SMILES string of the molecule is CCC(C)C=CBr. The zero-order valence-electron chi connectivity index (χ0n) is 4.82. The van der Waals surface area contributed by atoms with Crippen molar-refractivity contribution in [2.45, 2.75) is 20.3 Å². The Morgan fingerprint density at radius 2 is 2.29 bits per heavy atom. The van der Waals surface area contributed by atoms with Gasteiger partial charge in [0.25, 0.3) is 0 Å². The minimum absolute atomic E-state index is 0.722. The van der Waals surface area contributed by atoms with Gasteiger partial charge in [-0.15, -0.1) is 0 Å². The summed E-state index contributed by atoms with van der Waals surface area (Å²) < 4.78 is 0. The molecule has 0 heterocycles. The fourth-order valence-electron chi connectivity index (χ4n) is 0.260. The summed E-state index contributed by atoms with van der Waals surface area (Å²) in [6.45, 7) is 4.37. The van der Waals surface area contributed by atoms with E-state index < -0.39 is 0 Å². The van der Waals surface area contributed by atoms with E-state index in [4.69, 9.17) is 0 Å². The predicted octanol–water partition coefficient (Wildman–Crippen LogP) is 2.94. The molecule has 0 aliphatic rings. The predicted molar refractivity (Wildman–Crippen MR) is 37.5 cm³/mol. The zero-order chi connectivity index (χ0) is 5.70. The van der Waals surface area contributed by atoms with Gasteiger partial charge in [0.2, 0.25) is 0 Å². The van der Waals surface area contributed by atoms with E-state index in [2.05, 4.69) is 35.9 Å². The summed E-state index contributed by atoms with van der Waals surface area (Å²) in [5.74, 6) is 0.722. The lowest BCUT2D eigenvalue weighted by Crippen LogP contribution is -1.81. The molecule has 0 spiro atoms. The molecule has 0 saturated heterocycles. The topological polar surface area (TPSA) is 0 Å². The van der Waals surface area contributed by atoms with E-state index in [1.165, 1.54) is 6.42 Å². The summed E-state index contributed by atoms with van der Waals surface area (Å²) in [6.07, 6.45) is 3.36. The largest absolute Gasteiger partial charge is 0.0748 e. The first-order chi connectivity index (χ1) is 3.31. The Labute approximate surface area is 53.7 Å². The van der Waals surface area contributed by atoms with Gasteiger partial charge in [-0.1, -0.05) is 42.3 Å². The van der Waals surface area contributed by atoms with E-state index in [1.807, 2.05) is 4.99 Å². The Morgan fingerprint density at radius 3 is 2.43 bits per heavy atom. The van der Waals surface area contributed by atoms with Crippen molar-refractivity contribution in [3.05, 3.63) is 11.1 Å². The Bertz CT molecular complexity index is 57.2. The van der Waals surface area contributed by atoms with E-state index in [0.29, 0.717) is 0 Å². The van der Waals surface area contributed by atoms with Crippen molar-refractivity contribution in [3.63, 3.8) is 0 Å². The summed E-state index contributed by atoms with van der Waals surface area (Å²) in [7, 11) is 0. The summed E-state index contributed by atoms with van der Waals surface area (Å²) >= 11 is 3.21. The maximum atomic E-state index is 3.21. The molecule has 0 radical (unpaired) electrons. The maximum Gasteiger partial charge on any atom is -0.0226 e. The number of hydrogen-bond acceptors (Lipinski definition) is 0. The molecule has 0 N–H and O–H groups in total. The summed E-state index contributed by atoms with van der Waals surface area (Å²) in [5.41, 5.74) is 0. The fourth-order valence-corrected chi connectivity index (χ4v) is 0.781. The molecular weight excluding hydrogens is 152 g/mol. The lowest BCUT2D eigenvalue weighted by Gasteiger charge is -1.95. The molecule has 0 aliphatic heterocycles. The van der Waals surface area contributed by atoms with Gasteiger partial charge in [0.15, 0.2) is 0 Å². The number of hydrogen-bond donors (Lipinski definition) is 0. The monoisotopic (exact) mass is 162 g/mol. The molecule has 7 heavy (non-hydrogen) atoms. The van der Waals surface area contributed by atoms with Crippen LogP contribution in [0.2, 0.25) is 0 Å². The van der Waals surface area contributed by atoms with Gasteiger partial charge in [0.05, 0.1) is 0 Å². The molecule has 0 nitrogen and oxygen atoms in total. The highest BCUT2D eigenvalue weighted by molar-refractivity contribution is 9.11. The molecule has 0 aromatic heterocycles. The molecule has 0 aromatic carbocycles. The molecule has 1 unspecified atom stereocenters. The summed E-state index contributed by atoms with van der Waals surface area (Å²) in [4.78, 5) is 1.92. The molecule has 1 heteroatoms. The van der Waals surface area contributed by atoms with Crippen LogP contribution in [0.3, 0.4) is 0 Å². The third-order valence-corrected chi connectivity index (χ3v) is 1.35. The van der Waals surface area contributed by atoms with Crippen molar-refractivity contribution in [1.82, 2.24) is 0 Å². The van der Waals surface area contributed by atoms with Gasteiger partial charge < -0.3 is 0 Å². The van der Waals surface area contributed by atoms with Gasteiger partial charge in [-0.25, -0.2) is 0 Å². The minimum atomic E-state index is 0.722. The van der Waals surface area contributed by atoms with Crippen LogP contribution in [0.15, 0.2) is 11.1 Å². The first-order valence-electron chi connectivity index (χ1n) is 2.58. The molecule has 1 atom stereocenters. The van der Waals surface area contributed by atoms with Crippen molar-refractivity contribution in [2.24, 2.45) is 5.92 Å². The van der Waals surface area contributed by atoms with Crippen LogP contribution in [0, 0.1) is 5.92 Å². The highest BCUT2D eigenvalue weighted by Crippen LogP contribution is 2.02. The maximum absolute atomic E-state index is 3.21. The highest BCUT2D eigenvalue weighted by atomic mass is 79.9. The van der Waals surface area contributed by atoms with Gasteiger partial charge in [-0.05, 0) is 10.9 Å². The Morgan fingerprint density at radius 1 is 1.71 bits per heavy atom. The van der Waals surface area contributed by atoms with E-state index in [-0.39, 0.29) is 0 Å². The first-order valence-corrected chi connectivity index (χ1v) is 3.49. The normalized spacial score (nSPS) is 15.3.